The Morgan fingerprint density at radius 1 is 1.40 bits per heavy atom. The lowest BCUT2D eigenvalue weighted by molar-refractivity contribution is 0.0290. The number of benzene rings is 1. The summed E-state index contributed by atoms with van der Waals surface area (Å²) in [4.78, 5) is 0.189. The molecule has 2 N–H and O–H groups in total. The fourth-order valence-corrected chi connectivity index (χ4v) is 3.93. The summed E-state index contributed by atoms with van der Waals surface area (Å²) in [6, 6.07) is 4.41. The largest absolute Gasteiger partial charge is 0.397 e. The van der Waals surface area contributed by atoms with Crippen molar-refractivity contribution in [2.45, 2.75) is 30.8 Å². The van der Waals surface area contributed by atoms with Gasteiger partial charge in [0.05, 0.1) is 21.7 Å². The third-order valence-electron chi connectivity index (χ3n) is 3.41. The number of nitrogens with two attached hydrogens (primary N) is 1. The number of rotatable bonds is 4. The van der Waals surface area contributed by atoms with Crippen LogP contribution in [-0.4, -0.2) is 38.5 Å². The molecule has 0 aliphatic carbocycles. The molecule has 20 heavy (non-hydrogen) atoms. The number of nitrogens with zero attached hydrogens (tertiary/aromatic N) is 1. The van der Waals surface area contributed by atoms with Crippen LogP contribution in [0.4, 0.5) is 5.69 Å². The van der Waals surface area contributed by atoms with Crippen molar-refractivity contribution >= 4 is 27.3 Å². The normalized spacial score (nSPS) is 18.3. The summed E-state index contributed by atoms with van der Waals surface area (Å²) in [7, 11) is -3.50. The molecule has 7 heteroatoms. The molecule has 1 saturated heterocycles. The molecule has 1 heterocycles. The first-order valence-electron chi connectivity index (χ1n) is 6.62. The van der Waals surface area contributed by atoms with Gasteiger partial charge in [-0.05, 0) is 38.0 Å². The number of piperidine rings is 1. The summed E-state index contributed by atoms with van der Waals surface area (Å²) >= 11 is 5.82. The molecule has 0 spiro atoms. The van der Waals surface area contributed by atoms with Crippen LogP contribution in [0.15, 0.2) is 23.1 Å². The highest BCUT2D eigenvalue weighted by Crippen LogP contribution is 2.26. The van der Waals surface area contributed by atoms with Gasteiger partial charge < -0.3 is 10.5 Å². The molecule has 1 fully saturated rings. The van der Waals surface area contributed by atoms with Gasteiger partial charge in [-0.3, -0.25) is 0 Å². The predicted molar refractivity (Wildman–Crippen MR) is 79.3 cm³/mol. The highest BCUT2D eigenvalue weighted by molar-refractivity contribution is 7.89. The third-order valence-corrected chi connectivity index (χ3v) is 5.65. The minimum atomic E-state index is -3.50. The van der Waals surface area contributed by atoms with Crippen LogP contribution in [0.25, 0.3) is 0 Å². The number of sulfonamides is 1. The Kier molecular flexibility index (Phi) is 4.90. The highest BCUT2D eigenvalue weighted by Gasteiger charge is 2.29. The van der Waals surface area contributed by atoms with Gasteiger partial charge in [-0.2, -0.15) is 4.31 Å². The molecule has 0 unspecified atom stereocenters. The summed E-state index contributed by atoms with van der Waals surface area (Å²) < 4.78 is 32.0. The Hall–Kier alpha value is -0.820. The Bertz CT molecular complexity index is 569. The van der Waals surface area contributed by atoms with E-state index >= 15 is 0 Å². The smallest absolute Gasteiger partial charge is 0.243 e. The summed E-state index contributed by atoms with van der Waals surface area (Å²) in [6.45, 7) is 3.54. The molecule has 112 valence electrons. The van der Waals surface area contributed by atoms with Gasteiger partial charge in [-0.25, -0.2) is 8.42 Å². The first-order valence-corrected chi connectivity index (χ1v) is 8.43. The molecule has 0 radical (unpaired) electrons. The summed E-state index contributed by atoms with van der Waals surface area (Å²) in [6.07, 6.45) is 1.59. The van der Waals surface area contributed by atoms with Crippen molar-refractivity contribution in [3.05, 3.63) is 23.2 Å². The molecule has 0 aromatic heterocycles. The summed E-state index contributed by atoms with van der Waals surface area (Å²) in [5.41, 5.74) is 5.95. The fourth-order valence-electron chi connectivity index (χ4n) is 2.31. The van der Waals surface area contributed by atoms with Gasteiger partial charge in [0.1, 0.15) is 0 Å². The SMILES string of the molecule is CCOC1CCN(S(=O)(=O)c2ccc(Cl)c(N)c2)CC1. The molecule has 0 atom stereocenters. The Morgan fingerprint density at radius 2 is 2.05 bits per heavy atom. The van der Waals surface area contributed by atoms with E-state index in [4.69, 9.17) is 22.1 Å². The van der Waals surface area contributed by atoms with Crippen molar-refractivity contribution in [3.63, 3.8) is 0 Å². The Balaban J connectivity index is 2.13. The molecule has 1 aromatic rings. The minimum absolute atomic E-state index is 0.154. The quantitative estimate of drug-likeness (QED) is 0.863. The Labute approximate surface area is 124 Å². The van der Waals surface area contributed by atoms with Crippen molar-refractivity contribution in [2.24, 2.45) is 0 Å². The van der Waals surface area contributed by atoms with Gasteiger partial charge in [-0.1, -0.05) is 11.6 Å². The molecule has 1 aromatic carbocycles. The van der Waals surface area contributed by atoms with E-state index in [9.17, 15) is 8.42 Å². The molecule has 0 saturated carbocycles. The van der Waals surface area contributed by atoms with Gasteiger partial charge in [0.2, 0.25) is 10.0 Å². The molecule has 1 aliphatic heterocycles. The van der Waals surface area contributed by atoms with E-state index in [-0.39, 0.29) is 16.7 Å². The van der Waals surface area contributed by atoms with E-state index in [1.807, 2.05) is 6.92 Å². The van der Waals surface area contributed by atoms with Gasteiger partial charge in [0.15, 0.2) is 0 Å². The van der Waals surface area contributed by atoms with Gasteiger partial charge >= 0.3 is 0 Å². The lowest BCUT2D eigenvalue weighted by Gasteiger charge is -2.31. The maximum absolute atomic E-state index is 12.5. The zero-order chi connectivity index (χ0) is 14.8. The number of ether oxygens (including phenoxy) is 1. The topological polar surface area (TPSA) is 72.6 Å². The van der Waals surface area contributed by atoms with Crippen molar-refractivity contribution in [3.8, 4) is 0 Å². The second-order valence-corrected chi connectivity index (χ2v) is 7.09. The summed E-state index contributed by atoms with van der Waals surface area (Å²) in [5.74, 6) is 0. The van der Waals surface area contributed by atoms with E-state index in [0.717, 1.165) is 12.8 Å². The van der Waals surface area contributed by atoms with Crippen LogP contribution in [0.2, 0.25) is 5.02 Å². The molecular weight excluding hydrogens is 300 g/mol. The average Bonchev–Trinajstić information content (AvgIpc) is 2.43. The zero-order valence-electron chi connectivity index (χ0n) is 11.4. The monoisotopic (exact) mass is 318 g/mol. The van der Waals surface area contributed by atoms with Crippen molar-refractivity contribution in [1.29, 1.82) is 0 Å². The molecule has 0 bridgehead atoms. The molecule has 1 aliphatic rings. The number of nitrogen functional groups attached to an aromatic ring is 1. The number of hydrogen-bond donors (Lipinski definition) is 1. The van der Waals surface area contributed by atoms with Gasteiger partial charge in [0, 0.05) is 19.7 Å². The van der Waals surface area contributed by atoms with E-state index in [1.165, 1.54) is 22.5 Å². The van der Waals surface area contributed by atoms with Crippen LogP contribution >= 0.6 is 11.6 Å². The highest BCUT2D eigenvalue weighted by atomic mass is 35.5. The molecule has 0 amide bonds. The van der Waals surface area contributed by atoms with E-state index in [0.29, 0.717) is 24.7 Å². The van der Waals surface area contributed by atoms with E-state index in [1.54, 1.807) is 0 Å². The number of halogens is 1. The van der Waals surface area contributed by atoms with Crippen molar-refractivity contribution in [2.75, 3.05) is 25.4 Å². The van der Waals surface area contributed by atoms with Crippen LogP contribution in [0, 0.1) is 0 Å². The van der Waals surface area contributed by atoms with Crippen LogP contribution in [-0.2, 0) is 14.8 Å². The Morgan fingerprint density at radius 3 is 2.60 bits per heavy atom. The van der Waals surface area contributed by atoms with Crippen LogP contribution in [0.3, 0.4) is 0 Å². The van der Waals surface area contributed by atoms with Crippen LogP contribution < -0.4 is 5.73 Å². The third kappa shape index (κ3) is 3.25. The average molecular weight is 319 g/mol. The van der Waals surface area contributed by atoms with Crippen molar-refractivity contribution < 1.29 is 13.2 Å². The van der Waals surface area contributed by atoms with E-state index < -0.39 is 10.0 Å². The lowest BCUT2D eigenvalue weighted by Crippen LogP contribution is -2.40. The lowest BCUT2D eigenvalue weighted by atomic mass is 10.1. The zero-order valence-corrected chi connectivity index (χ0v) is 13.0. The van der Waals surface area contributed by atoms with Gasteiger partial charge in [0.25, 0.3) is 0 Å². The van der Waals surface area contributed by atoms with Crippen LogP contribution in [0.1, 0.15) is 19.8 Å². The molecular formula is C13H19ClN2O3S. The molecule has 2 rings (SSSR count). The van der Waals surface area contributed by atoms with Crippen LogP contribution in [0.5, 0.6) is 0 Å². The summed E-state index contributed by atoms with van der Waals surface area (Å²) in [5, 5.41) is 0.360. The van der Waals surface area contributed by atoms with Crippen molar-refractivity contribution in [1.82, 2.24) is 4.31 Å². The predicted octanol–water partition coefficient (Wildman–Crippen LogP) is 2.11. The first kappa shape index (κ1) is 15.6. The first-order chi connectivity index (χ1) is 9.45. The maximum Gasteiger partial charge on any atom is 0.243 e. The number of anilines is 1. The maximum atomic E-state index is 12.5. The van der Waals surface area contributed by atoms with Gasteiger partial charge in [-0.15, -0.1) is 0 Å². The minimum Gasteiger partial charge on any atom is -0.397 e. The van der Waals surface area contributed by atoms with E-state index in [2.05, 4.69) is 0 Å². The number of hydrogen-bond acceptors (Lipinski definition) is 4. The second-order valence-electron chi connectivity index (χ2n) is 4.74. The second kappa shape index (κ2) is 6.30. The molecule has 5 nitrogen and oxygen atoms in total. The standard InChI is InChI=1S/C13H19ClN2O3S/c1-2-19-10-5-7-16(8-6-10)20(17,18)11-3-4-12(14)13(15)9-11/h3-4,9-10H,2,5-8,15H2,1H3. The fraction of sp³-hybridized carbons (Fsp3) is 0.538.